The van der Waals surface area contributed by atoms with Gasteiger partial charge >= 0.3 is 12.3 Å². The fourth-order valence-electron chi connectivity index (χ4n) is 3.45. The van der Waals surface area contributed by atoms with Crippen molar-refractivity contribution in [3.05, 3.63) is 48.3 Å². The number of nitrogens with zero attached hydrogens (tertiary/aromatic N) is 1. The molecule has 0 saturated heterocycles. The number of carbonyl (C=O) groups excluding carboxylic acids is 1. The lowest BCUT2D eigenvalue weighted by Gasteiger charge is -2.36. The molecule has 1 unspecified atom stereocenters. The normalized spacial score (nSPS) is 16.3. The molecule has 1 aliphatic rings. The molecule has 3 N–H and O–H groups in total. The third kappa shape index (κ3) is 7.52. The van der Waals surface area contributed by atoms with Crippen LogP contribution >= 0.6 is 0 Å². The molecule has 40 heavy (non-hydrogen) atoms. The highest BCUT2D eigenvalue weighted by molar-refractivity contribution is 7.92. The topological polar surface area (TPSA) is 143 Å². The lowest BCUT2D eigenvalue weighted by Crippen LogP contribution is -2.50. The van der Waals surface area contributed by atoms with Crippen LogP contribution in [0.3, 0.4) is 0 Å². The van der Waals surface area contributed by atoms with Gasteiger partial charge < -0.3 is 9.47 Å². The molecule has 1 atom stereocenters. The Bertz CT molecular complexity index is 1450. The standard InChI is InChI=1S/C23H28F4N4O7S2/c1-14(2)30-40(35,36)28-12-17-13-31(39(33,34)18-8-5-15(24)6-9-18)19-11-16(7-10-20(19)37-17)29-21(32)38-22(3,4)23(25,26)27/h5-11,14,17,28,30H,12-13H2,1-4H3,(H,29,32). The number of carbonyl (C=O) groups is 1. The highest BCUT2D eigenvalue weighted by Gasteiger charge is 2.51. The molecule has 0 spiro atoms. The van der Waals surface area contributed by atoms with Crippen molar-refractivity contribution in [2.45, 2.75) is 56.5 Å². The highest BCUT2D eigenvalue weighted by Crippen LogP contribution is 2.39. The second-order valence-electron chi connectivity index (χ2n) is 9.56. The Labute approximate surface area is 229 Å². The first-order chi connectivity index (χ1) is 18.3. The quantitative estimate of drug-likeness (QED) is 0.368. The van der Waals surface area contributed by atoms with Gasteiger partial charge in [0.2, 0.25) is 5.60 Å². The molecule has 3 rings (SSSR count). The second kappa shape index (κ2) is 11.4. The van der Waals surface area contributed by atoms with E-state index in [1.807, 2.05) is 0 Å². The summed E-state index contributed by atoms with van der Waals surface area (Å²) in [4.78, 5) is 11.9. The molecule has 2 aromatic carbocycles. The number of fused-ring (bicyclic) bond motifs is 1. The Morgan fingerprint density at radius 2 is 1.73 bits per heavy atom. The molecule has 0 aliphatic carbocycles. The molecule has 11 nitrogen and oxygen atoms in total. The van der Waals surface area contributed by atoms with Crippen LogP contribution in [-0.4, -0.2) is 59.9 Å². The van der Waals surface area contributed by atoms with Gasteiger partial charge in [-0.1, -0.05) is 0 Å². The molecular formula is C23H28F4N4O7S2. The molecule has 0 aromatic heterocycles. The third-order valence-corrected chi connectivity index (χ3v) is 8.58. The van der Waals surface area contributed by atoms with Crippen molar-refractivity contribution in [1.82, 2.24) is 9.44 Å². The number of nitrogens with one attached hydrogen (secondary N) is 3. The van der Waals surface area contributed by atoms with Gasteiger partial charge in [0.1, 0.15) is 17.7 Å². The molecule has 1 heterocycles. The van der Waals surface area contributed by atoms with Gasteiger partial charge in [-0.15, -0.1) is 0 Å². The fourth-order valence-corrected chi connectivity index (χ4v) is 6.05. The summed E-state index contributed by atoms with van der Waals surface area (Å²) >= 11 is 0. The van der Waals surface area contributed by atoms with E-state index in [4.69, 9.17) is 4.74 Å². The van der Waals surface area contributed by atoms with E-state index in [-0.39, 0.29) is 28.6 Å². The summed E-state index contributed by atoms with van der Waals surface area (Å²) in [5.74, 6) is -0.717. The van der Waals surface area contributed by atoms with Gasteiger partial charge in [-0.25, -0.2) is 17.6 Å². The lowest BCUT2D eigenvalue weighted by atomic mass is 10.1. The summed E-state index contributed by atoms with van der Waals surface area (Å²) in [6.07, 6.45) is -7.32. The van der Waals surface area contributed by atoms with Crippen LogP contribution in [-0.2, 0) is 25.0 Å². The molecule has 0 radical (unpaired) electrons. The summed E-state index contributed by atoms with van der Waals surface area (Å²) < 4.78 is 120. The van der Waals surface area contributed by atoms with E-state index in [2.05, 4.69) is 19.5 Å². The third-order valence-electron chi connectivity index (χ3n) is 5.46. The zero-order valence-electron chi connectivity index (χ0n) is 21.7. The minimum Gasteiger partial charge on any atom is -0.485 e. The number of hydrogen-bond acceptors (Lipinski definition) is 7. The predicted molar refractivity (Wildman–Crippen MR) is 137 cm³/mol. The Kier molecular flexibility index (Phi) is 8.93. The molecule has 0 bridgehead atoms. The summed E-state index contributed by atoms with van der Waals surface area (Å²) in [5.41, 5.74) is -3.04. The highest BCUT2D eigenvalue weighted by atomic mass is 32.2. The first-order valence-corrected chi connectivity index (χ1v) is 14.7. The largest absolute Gasteiger partial charge is 0.485 e. The van der Waals surface area contributed by atoms with Crippen molar-refractivity contribution < 1.29 is 48.7 Å². The van der Waals surface area contributed by atoms with Crippen molar-refractivity contribution in [1.29, 1.82) is 0 Å². The van der Waals surface area contributed by atoms with Gasteiger partial charge in [-0.3, -0.25) is 9.62 Å². The number of benzene rings is 2. The SMILES string of the molecule is CC(C)NS(=O)(=O)NCC1CN(S(=O)(=O)c2ccc(F)cc2)c2cc(NC(=O)OC(C)(C)C(F)(F)F)ccc2O1. The lowest BCUT2D eigenvalue weighted by molar-refractivity contribution is -0.242. The average molecular weight is 613 g/mol. The Morgan fingerprint density at radius 1 is 1.10 bits per heavy atom. The predicted octanol–water partition coefficient (Wildman–Crippen LogP) is 3.50. The minimum absolute atomic E-state index is 0.0347. The van der Waals surface area contributed by atoms with E-state index in [1.54, 1.807) is 13.8 Å². The number of sulfonamides is 1. The first kappa shape index (κ1) is 31.4. The number of amides is 1. The van der Waals surface area contributed by atoms with Crippen LogP contribution in [0.1, 0.15) is 27.7 Å². The van der Waals surface area contributed by atoms with Gasteiger partial charge in [-0.2, -0.15) is 31.0 Å². The molecule has 222 valence electrons. The van der Waals surface area contributed by atoms with E-state index in [0.29, 0.717) is 13.8 Å². The average Bonchev–Trinajstić information content (AvgIpc) is 2.80. The van der Waals surface area contributed by atoms with E-state index in [0.717, 1.165) is 34.6 Å². The summed E-state index contributed by atoms with van der Waals surface area (Å²) in [6.45, 7) is 3.79. The van der Waals surface area contributed by atoms with E-state index in [1.165, 1.54) is 12.1 Å². The number of alkyl halides is 3. The van der Waals surface area contributed by atoms with Crippen LogP contribution in [0.5, 0.6) is 5.75 Å². The van der Waals surface area contributed by atoms with Crippen molar-refractivity contribution in [3.63, 3.8) is 0 Å². The number of hydrogen-bond donors (Lipinski definition) is 3. The zero-order valence-corrected chi connectivity index (χ0v) is 23.4. The minimum atomic E-state index is -4.85. The van der Waals surface area contributed by atoms with Crippen LogP contribution in [0.25, 0.3) is 0 Å². The van der Waals surface area contributed by atoms with Crippen molar-refractivity contribution in [2.75, 3.05) is 22.7 Å². The van der Waals surface area contributed by atoms with Crippen LogP contribution in [0, 0.1) is 5.82 Å². The Morgan fingerprint density at radius 3 is 2.30 bits per heavy atom. The maximum atomic E-state index is 13.5. The molecular weight excluding hydrogens is 584 g/mol. The molecule has 1 amide bonds. The summed E-state index contributed by atoms with van der Waals surface area (Å²) in [7, 11) is -8.33. The van der Waals surface area contributed by atoms with Gasteiger partial charge in [0, 0.05) is 11.7 Å². The van der Waals surface area contributed by atoms with E-state index in [9.17, 15) is 39.2 Å². The Hall–Kier alpha value is -3.15. The van der Waals surface area contributed by atoms with Crippen LogP contribution in [0.4, 0.5) is 33.7 Å². The number of anilines is 2. The smallest absolute Gasteiger partial charge is 0.427 e. The second-order valence-corrected chi connectivity index (χ2v) is 13.0. The number of halogens is 4. The molecule has 0 fully saturated rings. The van der Waals surface area contributed by atoms with Crippen LogP contribution < -0.4 is 23.8 Å². The Balaban J connectivity index is 1.94. The maximum Gasteiger partial charge on any atom is 0.427 e. The van der Waals surface area contributed by atoms with E-state index >= 15 is 0 Å². The van der Waals surface area contributed by atoms with Gasteiger partial charge in [0.05, 0.1) is 23.7 Å². The van der Waals surface area contributed by atoms with Crippen molar-refractivity contribution >= 4 is 37.7 Å². The van der Waals surface area contributed by atoms with Crippen molar-refractivity contribution in [2.24, 2.45) is 0 Å². The maximum absolute atomic E-state index is 13.5. The van der Waals surface area contributed by atoms with Crippen LogP contribution in [0.2, 0.25) is 0 Å². The summed E-state index contributed by atoms with van der Waals surface area (Å²) in [6, 6.07) is 7.14. The molecule has 1 aliphatic heterocycles. The first-order valence-electron chi connectivity index (χ1n) is 11.7. The monoisotopic (exact) mass is 612 g/mol. The number of rotatable bonds is 9. The van der Waals surface area contributed by atoms with Gasteiger partial charge in [0.25, 0.3) is 20.2 Å². The molecule has 17 heteroatoms. The van der Waals surface area contributed by atoms with Gasteiger partial charge in [0.15, 0.2) is 0 Å². The summed E-state index contributed by atoms with van der Waals surface area (Å²) in [5, 5.41) is 2.13. The molecule has 0 saturated carbocycles. The van der Waals surface area contributed by atoms with Crippen LogP contribution in [0.15, 0.2) is 47.4 Å². The fraction of sp³-hybridized carbons (Fsp3) is 0.435. The zero-order chi connectivity index (χ0) is 30.1. The molecule has 2 aromatic rings. The number of ether oxygens (including phenoxy) is 2. The van der Waals surface area contributed by atoms with Crippen molar-refractivity contribution in [3.8, 4) is 5.75 Å². The van der Waals surface area contributed by atoms with E-state index < -0.39 is 62.6 Å². The van der Waals surface area contributed by atoms with Gasteiger partial charge in [-0.05, 0) is 70.2 Å².